The van der Waals surface area contributed by atoms with E-state index < -0.39 is 6.09 Å². The van der Waals surface area contributed by atoms with Crippen LogP contribution in [-0.2, 0) is 0 Å². The number of halogens is 2. The molecule has 1 unspecified atom stereocenters. The highest BCUT2D eigenvalue weighted by atomic mass is 35.5. The van der Waals surface area contributed by atoms with Gasteiger partial charge in [0, 0.05) is 36.6 Å². The number of hydrogen-bond donors (Lipinski definition) is 4. The first-order valence-corrected chi connectivity index (χ1v) is 14.2. The number of benzene rings is 2. The van der Waals surface area contributed by atoms with E-state index >= 15 is 0 Å². The van der Waals surface area contributed by atoms with Crippen LogP contribution in [0.25, 0.3) is 22.0 Å². The topological polar surface area (TPSA) is 128 Å². The Morgan fingerprint density at radius 2 is 1.73 bits per heavy atom. The van der Waals surface area contributed by atoms with Crippen molar-refractivity contribution < 1.29 is 19.8 Å². The molecule has 6 rings (SSSR count). The molecule has 1 saturated heterocycles. The Morgan fingerprint density at radius 1 is 0.951 bits per heavy atom. The molecule has 9 nitrogen and oxygen atoms in total. The molecule has 2 aromatic heterocycles. The average Bonchev–Trinajstić information content (AvgIpc) is 3.81. The Balaban J connectivity index is 1.35. The molecule has 1 saturated carbocycles. The third-order valence-corrected chi connectivity index (χ3v) is 8.10. The second-order valence-corrected chi connectivity index (χ2v) is 11.3. The van der Waals surface area contributed by atoms with Crippen LogP contribution in [0.3, 0.4) is 0 Å². The van der Waals surface area contributed by atoms with E-state index in [-0.39, 0.29) is 33.5 Å². The molecule has 3 heterocycles. The Morgan fingerprint density at radius 3 is 2.41 bits per heavy atom. The maximum atomic E-state index is 13.3. The third kappa shape index (κ3) is 5.73. The van der Waals surface area contributed by atoms with Gasteiger partial charge in [-0.1, -0.05) is 29.3 Å². The van der Waals surface area contributed by atoms with Crippen molar-refractivity contribution in [2.24, 2.45) is 5.92 Å². The van der Waals surface area contributed by atoms with Crippen LogP contribution in [0, 0.1) is 5.92 Å². The lowest BCUT2D eigenvalue weighted by Crippen LogP contribution is -2.47. The first-order valence-electron chi connectivity index (χ1n) is 13.4. The molecule has 41 heavy (non-hydrogen) atoms. The summed E-state index contributed by atoms with van der Waals surface area (Å²) in [5.41, 5.74) is 4.07. The molecular formula is C30H27Cl2N5O4. The fraction of sp³-hybridized carbons (Fsp3) is 0.267. The SMILES string of the molecule is O=C(O)NC1CCCN(c2ccc(Nc3c(C(=O)C4CC4)cnc4ccc(-c5cc(Cl)c(O)c(Cl)c5)cc34)cn2)C1. The molecule has 1 atom stereocenters. The van der Waals surface area contributed by atoms with Crippen molar-refractivity contribution in [2.45, 2.75) is 31.7 Å². The molecule has 2 aliphatic rings. The van der Waals surface area contributed by atoms with E-state index in [1.54, 1.807) is 24.5 Å². The number of fused-ring (bicyclic) bond motifs is 1. The summed E-state index contributed by atoms with van der Waals surface area (Å²) in [7, 11) is 0. The number of piperidine rings is 1. The zero-order valence-corrected chi connectivity index (χ0v) is 23.4. The molecule has 2 fully saturated rings. The second-order valence-electron chi connectivity index (χ2n) is 10.5. The summed E-state index contributed by atoms with van der Waals surface area (Å²) in [6.45, 7) is 1.34. The Labute approximate surface area is 246 Å². The minimum absolute atomic E-state index is 0.000320. The third-order valence-electron chi connectivity index (χ3n) is 7.52. The van der Waals surface area contributed by atoms with Gasteiger partial charge in [0.1, 0.15) is 5.82 Å². The number of phenolic OH excluding ortho intramolecular Hbond substituents is 1. The van der Waals surface area contributed by atoms with Crippen molar-refractivity contribution in [3.63, 3.8) is 0 Å². The predicted molar refractivity (Wildman–Crippen MR) is 160 cm³/mol. The number of nitrogens with zero attached hydrogens (tertiary/aromatic N) is 3. The number of pyridine rings is 2. The Hall–Kier alpha value is -4.08. The summed E-state index contributed by atoms with van der Waals surface area (Å²) >= 11 is 12.4. The van der Waals surface area contributed by atoms with E-state index in [2.05, 4.69) is 25.5 Å². The highest BCUT2D eigenvalue weighted by Gasteiger charge is 2.32. The molecule has 1 aliphatic heterocycles. The molecule has 11 heteroatoms. The number of nitrogens with one attached hydrogen (secondary N) is 2. The summed E-state index contributed by atoms with van der Waals surface area (Å²) in [5.74, 6) is 0.635. The van der Waals surface area contributed by atoms with E-state index in [1.165, 1.54) is 0 Å². The van der Waals surface area contributed by atoms with Gasteiger partial charge in [0.05, 0.1) is 38.7 Å². The molecule has 1 aliphatic carbocycles. The molecule has 4 aromatic rings. The fourth-order valence-electron chi connectivity index (χ4n) is 5.26. The predicted octanol–water partition coefficient (Wildman–Crippen LogP) is 6.88. The van der Waals surface area contributed by atoms with Crippen LogP contribution in [0.1, 0.15) is 36.0 Å². The number of Topliss-reactive ketones (excluding diaryl/α,β-unsaturated/α-hetero) is 1. The van der Waals surface area contributed by atoms with Gasteiger partial charge in [-0.3, -0.25) is 9.78 Å². The fourth-order valence-corrected chi connectivity index (χ4v) is 5.75. The largest absolute Gasteiger partial charge is 0.505 e. The zero-order valence-electron chi connectivity index (χ0n) is 21.9. The number of hydrogen-bond acceptors (Lipinski definition) is 7. The minimum Gasteiger partial charge on any atom is -0.505 e. The van der Waals surface area contributed by atoms with E-state index in [9.17, 15) is 14.7 Å². The highest BCUT2D eigenvalue weighted by Crippen LogP contribution is 2.40. The first kappa shape index (κ1) is 27.1. The van der Waals surface area contributed by atoms with Crippen molar-refractivity contribution >= 4 is 63.2 Å². The van der Waals surface area contributed by atoms with Gasteiger partial charge in [0.15, 0.2) is 11.5 Å². The number of aromatic nitrogens is 2. The van der Waals surface area contributed by atoms with Gasteiger partial charge in [-0.2, -0.15) is 0 Å². The van der Waals surface area contributed by atoms with Crippen molar-refractivity contribution in [3.05, 3.63) is 70.5 Å². The number of phenols is 1. The number of carbonyl (C=O) groups is 2. The summed E-state index contributed by atoms with van der Waals surface area (Å²) in [5, 5.41) is 26.1. The summed E-state index contributed by atoms with van der Waals surface area (Å²) in [4.78, 5) is 35.7. The molecular weight excluding hydrogens is 565 g/mol. The summed E-state index contributed by atoms with van der Waals surface area (Å²) in [6.07, 6.45) is 5.71. The van der Waals surface area contributed by atoms with E-state index in [4.69, 9.17) is 28.3 Å². The monoisotopic (exact) mass is 591 g/mol. The normalized spacial score (nSPS) is 16.9. The standard InChI is InChI=1S/C30H27Cl2N5O4/c31-23-11-18(12-24(32)29(23)39)17-5-7-25-21(10-17)27(22(14-33-25)28(38)16-3-4-16)35-19-6-8-26(34-13-19)37-9-1-2-20(15-37)36-30(40)41/h5-8,10-14,16,20,36,39H,1-4,9,15H2,(H,33,35)(H,40,41). The lowest BCUT2D eigenvalue weighted by atomic mass is 9.99. The van der Waals surface area contributed by atoms with E-state index in [0.29, 0.717) is 34.6 Å². The van der Waals surface area contributed by atoms with Gasteiger partial charge < -0.3 is 25.7 Å². The van der Waals surface area contributed by atoms with Gasteiger partial charge in [0.25, 0.3) is 0 Å². The second kappa shape index (κ2) is 11.1. The highest BCUT2D eigenvalue weighted by molar-refractivity contribution is 6.37. The van der Waals surface area contributed by atoms with E-state index in [0.717, 1.165) is 49.0 Å². The van der Waals surface area contributed by atoms with Crippen molar-refractivity contribution in [2.75, 3.05) is 23.3 Å². The van der Waals surface area contributed by atoms with Gasteiger partial charge >= 0.3 is 6.09 Å². The number of rotatable bonds is 7. The maximum Gasteiger partial charge on any atom is 0.404 e. The smallest absolute Gasteiger partial charge is 0.404 e. The van der Waals surface area contributed by atoms with E-state index in [1.807, 2.05) is 30.3 Å². The Bertz CT molecular complexity index is 1640. The van der Waals surface area contributed by atoms with Crippen LogP contribution in [0.5, 0.6) is 5.75 Å². The molecule has 210 valence electrons. The number of carboxylic acid groups (broad SMARTS) is 1. The molecule has 0 bridgehead atoms. The molecule has 2 aromatic carbocycles. The molecule has 1 amide bonds. The van der Waals surface area contributed by atoms with Gasteiger partial charge in [-0.05, 0) is 73.2 Å². The maximum absolute atomic E-state index is 13.3. The van der Waals surface area contributed by atoms with Crippen LogP contribution in [-0.4, -0.2) is 51.2 Å². The molecule has 0 radical (unpaired) electrons. The lowest BCUT2D eigenvalue weighted by molar-refractivity contribution is 0.0968. The summed E-state index contributed by atoms with van der Waals surface area (Å²) in [6, 6.07) is 12.6. The van der Waals surface area contributed by atoms with Gasteiger partial charge in [-0.15, -0.1) is 0 Å². The number of carbonyl (C=O) groups excluding carboxylic acids is 1. The van der Waals surface area contributed by atoms with Crippen molar-refractivity contribution in [1.82, 2.24) is 15.3 Å². The van der Waals surface area contributed by atoms with Gasteiger partial charge in [-0.25, -0.2) is 9.78 Å². The minimum atomic E-state index is -1.02. The zero-order chi connectivity index (χ0) is 28.7. The summed E-state index contributed by atoms with van der Waals surface area (Å²) < 4.78 is 0. The quantitative estimate of drug-likeness (QED) is 0.171. The van der Waals surface area contributed by atoms with Gasteiger partial charge in [0.2, 0.25) is 0 Å². The van der Waals surface area contributed by atoms with Crippen LogP contribution >= 0.6 is 23.2 Å². The Kier molecular flexibility index (Phi) is 7.32. The first-order chi connectivity index (χ1) is 19.8. The molecule has 0 spiro atoms. The number of amides is 1. The van der Waals surface area contributed by atoms with Crippen molar-refractivity contribution in [3.8, 4) is 16.9 Å². The number of aromatic hydroxyl groups is 1. The van der Waals surface area contributed by atoms with Crippen LogP contribution in [0.2, 0.25) is 10.0 Å². The number of ketones is 1. The average molecular weight is 592 g/mol. The molecule has 4 N–H and O–H groups in total. The van der Waals surface area contributed by atoms with Crippen molar-refractivity contribution in [1.29, 1.82) is 0 Å². The number of anilines is 3. The van der Waals surface area contributed by atoms with Crippen LogP contribution < -0.4 is 15.5 Å². The van der Waals surface area contributed by atoms with Crippen LogP contribution in [0.15, 0.2) is 54.9 Å². The van der Waals surface area contributed by atoms with Crippen LogP contribution in [0.4, 0.5) is 22.0 Å². The lowest BCUT2D eigenvalue weighted by Gasteiger charge is -2.33.